The fourth-order valence-corrected chi connectivity index (χ4v) is 4.30. The van der Waals surface area contributed by atoms with Crippen molar-refractivity contribution in [3.05, 3.63) is 0 Å². The lowest BCUT2D eigenvalue weighted by Gasteiger charge is -2.31. The van der Waals surface area contributed by atoms with E-state index in [1.165, 1.54) is 116 Å². The Bertz CT molecular complexity index is 345. The van der Waals surface area contributed by atoms with Gasteiger partial charge in [0.1, 0.15) is 13.1 Å². The van der Waals surface area contributed by atoms with Crippen molar-refractivity contribution in [1.82, 2.24) is 0 Å². The molecule has 0 aromatic carbocycles. The standard InChI is InChI=1S/C28H62N2O.2HI/c1-7-9-11-13-15-17-19-21-23-29(3,4)25-27-31-28-26-30(5,6)24-22-20-18-16-14-12-10-8-2;;/h7-28H2,1-6H3;2*1H/q+2;;/p-2. The van der Waals surface area contributed by atoms with Gasteiger partial charge in [0.25, 0.3) is 0 Å². The highest BCUT2D eigenvalue weighted by Gasteiger charge is 2.16. The summed E-state index contributed by atoms with van der Waals surface area (Å²) < 4.78 is 8.25. The highest BCUT2D eigenvalue weighted by molar-refractivity contribution is 4.48. The topological polar surface area (TPSA) is 9.23 Å². The van der Waals surface area contributed by atoms with Crippen LogP contribution in [-0.4, -0.2) is 76.5 Å². The molecule has 0 spiro atoms. The first kappa shape index (κ1) is 38.9. The lowest BCUT2D eigenvalue weighted by molar-refractivity contribution is -0.894. The third-order valence-corrected chi connectivity index (χ3v) is 6.92. The largest absolute Gasteiger partial charge is 1.00 e. The van der Waals surface area contributed by atoms with E-state index in [1.54, 1.807) is 0 Å². The first-order valence-corrected chi connectivity index (χ1v) is 14.0. The number of hydrogen-bond donors (Lipinski definition) is 0. The van der Waals surface area contributed by atoms with Gasteiger partial charge < -0.3 is 61.7 Å². The van der Waals surface area contributed by atoms with E-state index in [9.17, 15) is 0 Å². The van der Waals surface area contributed by atoms with Crippen LogP contribution in [0, 0.1) is 0 Å². The van der Waals surface area contributed by atoms with Gasteiger partial charge in [-0.15, -0.1) is 0 Å². The van der Waals surface area contributed by atoms with Gasteiger partial charge in [0.05, 0.1) is 54.5 Å². The number of halogens is 2. The maximum absolute atomic E-state index is 6.04. The van der Waals surface area contributed by atoms with Crippen molar-refractivity contribution in [1.29, 1.82) is 0 Å². The molecule has 0 radical (unpaired) electrons. The number of quaternary nitrogens is 2. The predicted molar refractivity (Wildman–Crippen MR) is 140 cm³/mol. The van der Waals surface area contributed by atoms with Crippen molar-refractivity contribution in [3.63, 3.8) is 0 Å². The summed E-state index contributed by atoms with van der Waals surface area (Å²) in [5.41, 5.74) is 0. The molecule has 0 aliphatic heterocycles. The van der Waals surface area contributed by atoms with Crippen LogP contribution in [0.4, 0.5) is 0 Å². The number of rotatable bonds is 24. The van der Waals surface area contributed by atoms with Gasteiger partial charge in [-0.25, -0.2) is 0 Å². The zero-order valence-corrected chi connectivity index (χ0v) is 27.9. The summed E-state index contributed by atoms with van der Waals surface area (Å²) in [6.45, 7) is 11.3. The van der Waals surface area contributed by atoms with Crippen LogP contribution >= 0.6 is 0 Å². The summed E-state index contributed by atoms with van der Waals surface area (Å²) in [6.07, 6.45) is 22.5. The van der Waals surface area contributed by atoms with Crippen LogP contribution in [0.1, 0.15) is 117 Å². The molecule has 0 fully saturated rings. The maximum Gasteiger partial charge on any atom is 0.102 e. The second kappa shape index (κ2) is 26.4. The molecule has 0 heterocycles. The summed E-state index contributed by atoms with van der Waals surface area (Å²) in [4.78, 5) is 0. The van der Waals surface area contributed by atoms with Crippen LogP contribution in [0.5, 0.6) is 0 Å². The molecular formula is C28H62I2N2O. The molecule has 0 atom stereocenters. The molecule has 5 heteroatoms. The molecule has 0 aliphatic carbocycles. The number of nitrogens with zero attached hydrogens (tertiary/aromatic N) is 2. The predicted octanol–water partition coefficient (Wildman–Crippen LogP) is 1.45. The number of hydrogen-bond acceptors (Lipinski definition) is 1. The summed E-state index contributed by atoms with van der Waals surface area (Å²) in [6, 6.07) is 0. The Kier molecular flexibility index (Phi) is 31.1. The molecule has 0 unspecified atom stereocenters. The Morgan fingerprint density at radius 3 is 0.970 bits per heavy atom. The van der Waals surface area contributed by atoms with Crippen LogP contribution in [0.3, 0.4) is 0 Å². The number of ether oxygens (including phenoxy) is 1. The molecule has 0 N–H and O–H groups in total. The molecule has 0 saturated carbocycles. The molecule has 0 aromatic rings. The smallest absolute Gasteiger partial charge is 0.102 e. The Morgan fingerprint density at radius 2 is 0.667 bits per heavy atom. The normalized spacial score (nSPS) is 11.8. The SMILES string of the molecule is CCCCCCCCCC[N+](C)(C)CCOCC[N+](C)(C)CCCCCCCCCC.[I-].[I-]. The van der Waals surface area contributed by atoms with Gasteiger partial charge in [-0.1, -0.05) is 90.9 Å². The van der Waals surface area contributed by atoms with E-state index in [0.29, 0.717) is 0 Å². The number of likely N-dealkylation sites (N-methyl/N-ethyl adjacent to an activating group) is 2. The number of unbranched alkanes of at least 4 members (excludes halogenated alkanes) is 14. The van der Waals surface area contributed by atoms with E-state index in [0.717, 1.165) is 35.3 Å². The minimum absolute atomic E-state index is 0. The quantitative estimate of drug-likeness (QED) is 0.0845. The third kappa shape index (κ3) is 29.5. The van der Waals surface area contributed by atoms with Gasteiger partial charge in [-0.3, -0.25) is 0 Å². The van der Waals surface area contributed by atoms with Gasteiger partial charge in [-0.2, -0.15) is 0 Å². The summed E-state index contributed by atoms with van der Waals surface area (Å²) in [5.74, 6) is 0. The zero-order chi connectivity index (χ0) is 23.3. The van der Waals surface area contributed by atoms with Crippen molar-refractivity contribution < 1.29 is 61.7 Å². The Morgan fingerprint density at radius 1 is 0.394 bits per heavy atom. The second-order valence-corrected chi connectivity index (χ2v) is 11.3. The van der Waals surface area contributed by atoms with Crippen molar-refractivity contribution in [3.8, 4) is 0 Å². The first-order valence-electron chi connectivity index (χ1n) is 14.0. The fraction of sp³-hybridized carbons (Fsp3) is 1.00. The molecule has 33 heavy (non-hydrogen) atoms. The molecule has 0 rings (SSSR count). The summed E-state index contributed by atoms with van der Waals surface area (Å²) in [5, 5.41) is 0. The molecule has 0 aromatic heterocycles. The van der Waals surface area contributed by atoms with Gasteiger partial charge in [-0.05, 0) is 25.7 Å². The first-order chi connectivity index (χ1) is 14.8. The van der Waals surface area contributed by atoms with Crippen LogP contribution in [-0.2, 0) is 4.74 Å². The van der Waals surface area contributed by atoms with Crippen molar-refractivity contribution in [2.75, 3.05) is 67.6 Å². The van der Waals surface area contributed by atoms with Crippen LogP contribution in [0.15, 0.2) is 0 Å². The van der Waals surface area contributed by atoms with Crippen LogP contribution in [0.2, 0.25) is 0 Å². The van der Waals surface area contributed by atoms with Crippen LogP contribution in [0.25, 0.3) is 0 Å². The van der Waals surface area contributed by atoms with E-state index in [-0.39, 0.29) is 48.0 Å². The van der Waals surface area contributed by atoms with Gasteiger partial charge in [0, 0.05) is 0 Å². The van der Waals surface area contributed by atoms with Gasteiger partial charge >= 0.3 is 0 Å². The lowest BCUT2D eigenvalue weighted by atomic mass is 10.1. The Labute approximate surface area is 244 Å². The van der Waals surface area contributed by atoms with Crippen molar-refractivity contribution in [2.24, 2.45) is 0 Å². The molecule has 0 amide bonds. The van der Waals surface area contributed by atoms with Crippen molar-refractivity contribution in [2.45, 2.75) is 117 Å². The molecule has 0 bridgehead atoms. The average Bonchev–Trinajstić information content (AvgIpc) is 2.71. The summed E-state index contributed by atoms with van der Waals surface area (Å²) in [7, 11) is 9.47. The van der Waals surface area contributed by atoms with E-state index in [1.807, 2.05) is 0 Å². The van der Waals surface area contributed by atoms with Crippen molar-refractivity contribution >= 4 is 0 Å². The maximum atomic E-state index is 6.04. The molecule has 204 valence electrons. The Balaban J connectivity index is -0.00000450. The highest BCUT2D eigenvalue weighted by atomic mass is 127. The molecule has 3 nitrogen and oxygen atoms in total. The molecular weight excluding hydrogens is 634 g/mol. The highest BCUT2D eigenvalue weighted by Crippen LogP contribution is 2.11. The third-order valence-electron chi connectivity index (χ3n) is 6.92. The molecule has 0 aliphatic rings. The van der Waals surface area contributed by atoms with Crippen LogP contribution < -0.4 is 48.0 Å². The zero-order valence-electron chi connectivity index (χ0n) is 23.6. The lowest BCUT2D eigenvalue weighted by Crippen LogP contribution is -3.00. The minimum atomic E-state index is 0. The fourth-order valence-electron chi connectivity index (χ4n) is 4.30. The Hall–Kier alpha value is 1.34. The van der Waals surface area contributed by atoms with Gasteiger partial charge in [0.2, 0.25) is 0 Å². The van der Waals surface area contributed by atoms with E-state index < -0.39 is 0 Å². The van der Waals surface area contributed by atoms with Gasteiger partial charge in [0.15, 0.2) is 0 Å². The monoisotopic (exact) mass is 696 g/mol. The van der Waals surface area contributed by atoms with E-state index in [4.69, 9.17) is 4.74 Å². The van der Waals surface area contributed by atoms with E-state index >= 15 is 0 Å². The average molecular weight is 697 g/mol. The summed E-state index contributed by atoms with van der Waals surface area (Å²) >= 11 is 0. The second-order valence-electron chi connectivity index (χ2n) is 11.3. The molecule has 0 saturated heterocycles. The van der Waals surface area contributed by atoms with E-state index in [2.05, 4.69) is 42.0 Å². The minimum Gasteiger partial charge on any atom is -1.00 e.